The fraction of sp³-hybridized carbons (Fsp3) is 0.800. The second kappa shape index (κ2) is 3.58. The van der Waals surface area contributed by atoms with Gasteiger partial charge in [-0.3, -0.25) is 0 Å². The van der Waals surface area contributed by atoms with Gasteiger partial charge in [0.2, 0.25) is 0 Å². The molecule has 12 heavy (non-hydrogen) atoms. The second-order valence-corrected chi connectivity index (χ2v) is 3.79. The Morgan fingerprint density at radius 3 is 2.42 bits per heavy atom. The van der Waals surface area contributed by atoms with Crippen molar-refractivity contribution >= 4 is 0 Å². The summed E-state index contributed by atoms with van der Waals surface area (Å²) >= 11 is 0. The maximum absolute atomic E-state index is 9.06. The lowest BCUT2D eigenvalue weighted by Gasteiger charge is -2.10. The lowest BCUT2D eigenvalue weighted by Crippen LogP contribution is -2.15. The fourth-order valence-corrected chi connectivity index (χ4v) is 1.86. The zero-order valence-electron chi connectivity index (χ0n) is 7.88. The Morgan fingerprint density at radius 1 is 1.50 bits per heavy atom. The van der Waals surface area contributed by atoms with Gasteiger partial charge in [-0.1, -0.05) is 18.6 Å². The standard InChI is InChI=1S/C10H18O2/c1-3-4-8(2)9-5-10(9,6-11)7-12/h4,9,11-12H,3,5-7H2,1-2H3/b8-4+/t9-/m0/s1. The molecule has 1 atom stereocenters. The molecule has 0 aromatic heterocycles. The van der Waals surface area contributed by atoms with Crippen LogP contribution in [0.1, 0.15) is 26.7 Å². The van der Waals surface area contributed by atoms with E-state index >= 15 is 0 Å². The van der Waals surface area contributed by atoms with E-state index in [0.29, 0.717) is 5.92 Å². The van der Waals surface area contributed by atoms with Crippen molar-refractivity contribution in [2.75, 3.05) is 13.2 Å². The third-order valence-corrected chi connectivity index (χ3v) is 2.90. The summed E-state index contributed by atoms with van der Waals surface area (Å²) in [5, 5.41) is 18.1. The molecule has 2 heteroatoms. The van der Waals surface area contributed by atoms with Crippen LogP contribution in [0.25, 0.3) is 0 Å². The predicted molar refractivity (Wildman–Crippen MR) is 48.8 cm³/mol. The highest BCUT2D eigenvalue weighted by molar-refractivity contribution is 5.19. The molecule has 2 N–H and O–H groups in total. The molecule has 0 spiro atoms. The molecule has 2 nitrogen and oxygen atoms in total. The average molecular weight is 170 g/mol. The highest BCUT2D eigenvalue weighted by Crippen LogP contribution is 2.55. The van der Waals surface area contributed by atoms with Crippen LogP contribution in [0, 0.1) is 11.3 Å². The van der Waals surface area contributed by atoms with E-state index in [4.69, 9.17) is 10.2 Å². The summed E-state index contributed by atoms with van der Waals surface area (Å²) in [6, 6.07) is 0. The Balaban J connectivity index is 2.55. The molecule has 0 aromatic carbocycles. The van der Waals surface area contributed by atoms with Crippen molar-refractivity contribution in [2.45, 2.75) is 26.7 Å². The Morgan fingerprint density at radius 2 is 2.08 bits per heavy atom. The second-order valence-electron chi connectivity index (χ2n) is 3.79. The molecule has 70 valence electrons. The number of hydrogen-bond donors (Lipinski definition) is 2. The van der Waals surface area contributed by atoms with Crippen LogP contribution in [-0.2, 0) is 0 Å². The van der Waals surface area contributed by atoms with Crippen molar-refractivity contribution < 1.29 is 10.2 Å². The van der Waals surface area contributed by atoms with Gasteiger partial charge in [-0.2, -0.15) is 0 Å². The first-order valence-electron chi connectivity index (χ1n) is 4.58. The molecule has 0 heterocycles. The lowest BCUT2D eigenvalue weighted by atomic mass is 10.0. The van der Waals surface area contributed by atoms with Crippen molar-refractivity contribution in [3.8, 4) is 0 Å². The molecule has 1 saturated carbocycles. The molecular weight excluding hydrogens is 152 g/mol. The molecule has 1 aliphatic carbocycles. The van der Waals surface area contributed by atoms with E-state index in [2.05, 4.69) is 19.9 Å². The number of rotatable bonds is 4. The topological polar surface area (TPSA) is 40.5 Å². The molecular formula is C10H18O2. The summed E-state index contributed by atoms with van der Waals surface area (Å²) in [6.07, 6.45) is 4.16. The van der Waals surface area contributed by atoms with Crippen molar-refractivity contribution in [1.29, 1.82) is 0 Å². The third kappa shape index (κ3) is 1.54. The van der Waals surface area contributed by atoms with Crippen LogP contribution < -0.4 is 0 Å². The minimum Gasteiger partial charge on any atom is -0.396 e. The summed E-state index contributed by atoms with van der Waals surface area (Å²) in [7, 11) is 0. The first-order valence-corrected chi connectivity index (χ1v) is 4.58. The van der Waals surface area contributed by atoms with Crippen molar-refractivity contribution in [3.05, 3.63) is 11.6 Å². The monoisotopic (exact) mass is 170 g/mol. The largest absolute Gasteiger partial charge is 0.396 e. The van der Waals surface area contributed by atoms with Crippen LogP contribution in [0.15, 0.2) is 11.6 Å². The van der Waals surface area contributed by atoms with Crippen LogP contribution in [0.4, 0.5) is 0 Å². The van der Waals surface area contributed by atoms with Crippen LogP contribution in [-0.4, -0.2) is 23.4 Å². The molecule has 0 aromatic rings. The Hall–Kier alpha value is -0.340. The normalized spacial score (nSPS) is 27.3. The zero-order chi connectivity index (χ0) is 9.19. The highest BCUT2D eigenvalue weighted by Gasteiger charge is 2.53. The summed E-state index contributed by atoms with van der Waals surface area (Å²) in [6.45, 7) is 4.42. The summed E-state index contributed by atoms with van der Waals surface area (Å²) in [4.78, 5) is 0. The van der Waals surface area contributed by atoms with Crippen molar-refractivity contribution in [3.63, 3.8) is 0 Å². The SMILES string of the molecule is CC/C=C(\C)[C@@H]1CC1(CO)CO. The van der Waals surface area contributed by atoms with E-state index in [9.17, 15) is 0 Å². The predicted octanol–water partition coefficient (Wildman–Crippen LogP) is 1.33. The molecule has 1 aliphatic rings. The van der Waals surface area contributed by atoms with Crippen LogP contribution in [0.2, 0.25) is 0 Å². The van der Waals surface area contributed by atoms with Gasteiger partial charge < -0.3 is 10.2 Å². The molecule has 1 fully saturated rings. The maximum atomic E-state index is 9.06. The third-order valence-electron chi connectivity index (χ3n) is 2.90. The number of hydrogen-bond acceptors (Lipinski definition) is 2. The van der Waals surface area contributed by atoms with E-state index in [0.717, 1.165) is 12.8 Å². The molecule has 1 rings (SSSR count). The highest BCUT2D eigenvalue weighted by atomic mass is 16.3. The molecule has 0 bridgehead atoms. The Bertz CT molecular complexity index is 180. The average Bonchev–Trinajstić information content (AvgIpc) is 2.80. The van der Waals surface area contributed by atoms with E-state index < -0.39 is 0 Å². The zero-order valence-corrected chi connectivity index (χ0v) is 7.88. The first kappa shape index (κ1) is 9.75. The van der Waals surface area contributed by atoms with Gasteiger partial charge in [0.05, 0.1) is 13.2 Å². The van der Waals surface area contributed by atoms with Gasteiger partial charge in [-0.25, -0.2) is 0 Å². The fourth-order valence-electron chi connectivity index (χ4n) is 1.86. The smallest absolute Gasteiger partial charge is 0.0515 e. The van der Waals surface area contributed by atoms with Crippen molar-refractivity contribution in [2.24, 2.45) is 11.3 Å². The lowest BCUT2D eigenvalue weighted by molar-refractivity contribution is 0.125. The van der Waals surface area contributed by atoms with E-state index in [1.165, 1.54) is 5.57 Å². The Labute approximate surface area is 73.9 Å². The van der Waals surface area contributed by atoms with E-state index in [-0.39, 0.29) is 18.6 Å². The van der Waals surface area contributed by atoms with E-state index in [1.54, 1.807) is 0 Å². The van der Waals surface area contributed by atoms with Gasteiger partial charge in [0.1, 0.15) is 0 Å². The number of aliphatic hydroxyl groups excluding tert-OH is 2. The van der Waals surface area contributed by atoms with Crippen molar-refractivity contribution in [1.82, 2.24) is 0 Å². The quantitative estimate of drug-likeness (QED) is 0.625. The molecule has 0 amide bonds. The van der Waals surface area contributed by atoms with Gasteiger partial charge in [-0.05, 0) is 25.7 Å². The summed E-state index contributed by atoms with van der Waals surface area (Å²) < 4.78 is 0. The van der Waals surface area contributed by atoms with Gasteiger partial charge in [0, 0.05) is 5.41 Å². The van der Waals surface area contributed by atoms with Crippen LogP contribution in [0.5, 0.6) is 0 Å². The Kier molecular flexibility index (Phi) is 2.91. The summed E-state index contributed by atoms with van der Waals surface area (Å²) in [5.74, 6) is 0.424. The van der Waals surface area contributed by atoms with Crippen LogP contribution >= 0.6 is 0 Å². The minimum atomic E-state index is -0.185. The van der Waals surface area contributed by atoms with Crippen LogP contribution in [0.3, 0.4) is 0 Å². The number of aliphatic hydroxyl groups is 2. The van der Waals surface area contributed by atoms with Gasteiger partial charge in [-0.15, -0.1) is 0 Å². The minimum absolute atomic E-state index is 0.114. The maximum Gasteiger partial charge on any atom is 0.0515 e. The van der Waals surface area contributed by atoms with Gasteiger partial charge >= 0.3 is 0 Å². The van der Waals surface area contributed by atoms with Gasteiger partial charge in [0.15, 0.2) is 0 Å². The molecule has 0 unspecified atom stereocenters. The van der Waals surface area contributed by atoms with Gasteiger partial charge in [0.25, 0.3) is 0 Å². The number of allylic oxidation sites excluding steroid dienone is 2. The molecule has 0 saturated heterocycles. The molecule has 0 radical (unpaired) electrons. The summed E-state index contributed by atoms with van der Waals surface area (Å²) in [5.41, 5.74) is 1.14. The molecule has 0 aliphatic heterocycles. The first-order chi connectivity index (χ1) is 5.70. The van der Waals surface area contributed by atoms with E-state index in [1.807, 2.05) is 0 Å².